The van der Waals surface area contributed by atoms with Gasteiger partial charge in [0.2, 0.25) is 5.91 Å². The number of carbonyl (C=O) groups excluding carboxylic acids is 1. The summed E-state index contributed by atoms with van der Waals surface area (Å²) in [5.74, 6) is 0.438. The lowest BCUT2D eigenvalue weighted by molar-refractivity contribution is -0.126. The molecule has 146 valence electrons. The van der Waals surface area contributed by atoms with Gasteiger partial charge in [-0.3, -0.25) is 4.79 Å². The van der Waals surface area contributed by atoms with Crippen molar-refractivity contribution in [3.63, 3.8) is 0 Å². The first kappa shape index (κ1) is 19.8. The maximum atomic E-state index is 12.3. The van der Waals surface area contributed by atoms with Crippen molar-refractivity contribution in [2.75, 3.05) is 32.8 Å². The summed E-state index contributed by atoms with van der Waals surface area (Å²) in [7, 11) is 0. The third-order valence-electron chi connectivity index (χ3n) is 5.77. The fourth-order valence-corrected chi connectivity index (χ4v) is 4.79. The third-order valence-corrected chi connectivity index (χ3v) is 6.71. The normalized spacial score (nSPS) is 20.8. The highest BCUT2D eigenvalue weighted by molar-refractivity contribution is 7.09. The molecule has 2 heterocycles. The van der Waals surface area contributed by atoms with Crippen LogP contribution in [0.1, 0.15) is 56.2 Å². The number of carbonyl (C=O) groups is 1. The van der Waals surface area contributed by atoms with E-state index in [9.17, 15) is 4.79 Å². The number of piperidine rings is 1. The van der Waals surface area contributed by atoms with E-state index in [1.165, 1.54) is 43.4 Å². The number of thiophene rings is 1. The van der Waals surface area contributed by atoms with Crippen LogP contribution in [0.25, 0.3) is 0 Å². The minimum absolute atomic E-state index is 0.192. The van der Waals surface area contributed by atoms with Crippen LogP contribution in [0.5, 0.6) is 0 Å². The quantitative estimate of drug-likeness (QED) is 0.699. The Morgan fingerprint density at radius 3 is 2.62 bits per heavy atom. The van der Waals surface area contributed by atoms with Gasteiger partial charge in [-0.1, -0.05) is 31.7 Å². The molecule has 1 aliphatic heterocycles. The predicted octanol–water partition coefficient (Wildman–Crippen LogP) is 3.86. The van der Waals surface area contributed by atoms with Gasteiger partial charge in [-0.25, -0.2) is 0 Å². The van der Waals surface area contributed by atoms with Gasteiger partial charge in [0.25, 0.3) is 0 Å². The number of hydrogen-bond donors (Lipinski definition) is 1. The molecule has 1 N–H and O–H groups in total. The lowest BCUT2D eigenvalue weighted by Crippen LogP contribution is -2.42. The second kappa shape index (κ2) is 11.1. The third kappa shape index (κ3) is 6.67. The Morgan fingerprint density at radius 1 is 1.15 bits per heavy atom. The van der Waals surface area contributed by atoms with Crippen molar-refractivity contribution in [3.05, 3.63) is 22.4 Å². The Bertz CT molecular complexity index is 504. The zero-order valence-electron chi connectivity index (χ0n) is 16.0. The smallest absolute Gasteiger partial charge is 0.223 e. The lowest BCUT2D eigenvalue weighted by Gasteiger charge is -2.31. The van der Waals surface area contributed by atoms with Gasteiger partial charge in [0.1, 0.15) is 0 Å². The van der Waals surface area contributed by atoms with Crippen molar-refractivity contribution in [1.29, 1.82) is 0 Å². The van der Waals surface area contributed by atoms with E-state index in [4.69, 9.17) is 4.74 Å². The van der Waals surface area contributed by atoms with Gasteiger partial charge in [0.05, 0.1) is 12.7 Å². The van der Waals surface area contributed by atoms with Gasteiger partial charge < -0.3 is 15.0 Å². The van der Waals surface area contributed by atoms with E-state index in [0.717, 1.165) is 52.0 Å². The van der Waals surface area contributed by atoms with E-state index in [2.05, 4.69) is 27.7 Å². The molecular formula is C21H34N2O2S. The Hall–Kier alpha value is -0.910. The van der Waals surface area contributed by atoms with Gasteiger partial charge in [0, 0.05) is 23.9 Å². The van der Waals surface area contributed by atoms with Crippen molar-refractivity contribution in [2.45, 2.75) is 63.9 Å². The summed E-state index contributed by atoms with van der Waals surface area (Å²) in [5.41, 5.74) is 0. The average molecular weight is 379 g/mol. The zero-order chi connectivity index (χ0) is 18.0. The van der Waals surface area contributed by atoms with Crippen molar-refractivity contribution >= 4 is 17.2 Å². The fraction of sp³-hybridized carbons (Fsp3) is 0.762. The summed E-state index contributed by atoms with van der Waals surface area (Å²) in [6, 6.07) is 4.20. The number of nitrogens with one attached hydrogen (secondary N) is 1. The molecule has 5 heteroatoms. The standard InChI is InChI=1S/C21H34N2O2S/c24-21(22-12-9-20-8-5-17-26-20)18-10-13-23(14-11-18)15-16-25-19-6-3-1-2-4-7-19/h5,8,17-19H,1-4,6-7,9-16H2,(H,22,24). The molecule has 0 unspecified atom stereocenters. The molecule has 26 heavy (non-hydrogen) atoms. The molecule has 4 nitrogen and oxygen atoms in total. The van der Waals surface area contributed by atoms with Gasteiger partial charge in [-0.05, 0) is 56.6 Å². The molecule has 1 saturated heterocycles. The highest BCUT2D eigenvalue weighted by atomic mass is 32.1. The van der Waals surface area contributed by atoms with Crippen LogP contribution in [0.2, 0.25) is 0 Å². The molecule has 2 aliphatic rings. The van der Waals surface area contributed by atoms with Gasteiger partial charge in [-0.2, -0.15) is 0 Å². The van der Waals surface area contributed by atoms with Crippen LogP contribution < -0.4 is 5.32 Å². The molecule has 1 aromatic rings. The monoisotopic (exact) mass is 378 g/mol. The maximum absolute atomic E-state index is 12.3. The molecule has 0 aromatic carbocycles. The van der Waals surface area contributed by atoms with Crippen LogP contribution >= 0.6 is 11.3 Å². The van der Waals surface area contributed by atoms with Crippen LogP contribution in [-0.2, 0) is 16.0 Å². The highest BCUT2D eigenvalue weighted by Crippen LogP contribution is 2.20. The minimum atomic E-state index is 0.192. The second-order valence-corrected chi connectivity index (χ2v) is 8.75. The Balaban J connectivity index is 1.25. The molecule has 3 rings (SSSR count). The summed E-state index contributed by atoms with van der Waals surface area (Å²) in [4.78, 5) is 16.1. The average Bonchev–Trinajstić information content (AvgIpc) is 3.04. The molecule has 0 spiro atoms. The molecule has 0 bridgehead atoms. The first-order valence-corrected chi connectivity index (χ1v) is 11.3. The summed E-state index contributed by atoms with van der Waals surface area (Å²) in [5, 5.41) is 5.21. The second-order valence-electron chi connectivity index (χ2n) is 7.72. The molecule has 1 amide bonds. The van der Waals surface area contributed by atoms with E-state index >= 15 is 0 Å². The maximum Gasteiger partial charge on any atom is 0.223 e. The highest BCUT2D eigenvalue weighted by Gasteiger charge is 2.24. The van der Waals surface area contributed by atoms with Crippen LogP contribution in [0.3, 0.4) is 0 Å². The number of rotatable bonds is 8. The Morgan fingerprint density at radius 2 is 1.92 bits per heavy atom. The van der Waals surface area contributed by atoms with Crippen LogP contribution in [-0.4, -0.2) is 49.7 Å². The van der Waals surface area contributed by atoms with E-state index in [1.807, 2.05) is 0 Å². The van der Waals surface area contributed by atoms with Crippen molar-refractivity contribution in [1.82, 2.24) is 10.2 Å². The van der Waals surface area contributed by atoms with E-state index in [-0.39, 0.29) is 11.8 Å². The summed E-state index contributed by atoms with van der Waals surface area (Å²) in [6.07, 6.45) is 11.3. The first-order valence-electron chi connectivity index (χ1n) is 10.5. The zero-order valence-corrected chi connectivity index (χ0v) is 16.8. The van der Waals surface area contributed by atoms with E-state index < -0.39 is 0 Å². The molecule has 1 saturated carbocycles. The predicted molar refractivity (Wildman–Crippen MR) is 108 cm³/mol. The molecule has 0 radical (unpaired) electrons. The van der Waals surface area contributed by atoms with Crippen LogP contribution in [0, 0.1) is 5.92 Å². The molecular weight excluding hydrogens is 344 g/mol. The Labute approximate surface area is 162 Å². The topological polar surface area (TPSA) is 41.6 Å². The van der Waals surface area contributed by atoms with E-state index in [1.54, 1.807) is 11.3 Å². The Kier molecular flexibility index (Phi) is 8.43. The minimum Gasteiger partial charge on any atom is -0.377 e. The summed E-state index contributed by atoms with van der Waals surface area (Å²) >= 11 is 1.76. The SMILES string of the molecule is O=C(NCCc1cccs1)C1CCN(CCOC2CCCCCC2)CC1. The largest absolute Gasteiger partial charge is 0.377 e. The molecule has 1 aromatic heterocycles. The fourth-order valence-electron chi connectivity index (χ4n) is 4.08. The van der Waals surface area contributed by atoms with Gasteiger partial charge in [0.15, 0.2) is 0 Å². The number of amides is 1. The number of ether oxygens (including phenoxy) is 1. The van der Waals surface area contributed by atoms with Crippen LogP contribution in [0.4, 0.5) is 0 Å². The lowest BCUT2D eigenvalue weighted by atomic mass is 9.96. The molecule has 0 atom stereocenters. The summed E-state index contributed by atoms with van der Waals surface area (Å²) < 4.78 is 6.11. The summed E-state index contributed by atoms with van der Waals surface area (Å²) in [6.45, 7) is 4.68. The van der Waals surface area contributed by atoms with Crippen LogP contribution in [0.15, 0.2) is 17.5 Å². The van der Waals surface area contributed by atoms with E-state index in [0.29, 0.717) is 6.10 Å². The molecule has 2 fully saturated rings. The van der Waals surface area contributed by atoms with Gasteiger partial charge in [-0.15, -0.1) is 11.3 Å². The van der Waals surface area contributed by atoms with Gasteiger partial charge >= 0.3 is 0 Å². The first-order chi connectivity index (χ1) is 12.8. The number of hydrogen-bond acceptors (Lipinski definition) is 4. The van der Waals surface area contributed by atoms with Crippen molar-refractivity contribution < 1.29 is 9.53 Å². The molecule has 1 aliphatic carbocycles. The number of nitrogens with zero attached hydrogens (tertiary/aromatic N) is 1. The van der Waals surface area contributed by atoms with Crippen molar-refractivity contribution in [3.8, 4) is 0 Å². The van der Waals surface area contributed by atoms with Crippen molar-refractivity contribution in [2.24, 2.45) is 5.92 Å². The number of likely N-dealkylation sites (tertiary alicyclic amines) is 1.